The fraction of sp³-hybridized carbons (Fsp3) is 0.750. The minimum atomic E-state index is -0.0531. The molecule has 4 fully saturated rings. The van der Waals surface area contributed by atoms with Crippen molar-refractivity contribution in [1.29, 1.82) is 0 Å². The number of hydrogen-bond donors (Lipinski definition) is 0. The van der Waals surface area contributed by atoms with Crippen LogP contribution in [0.15, 0.2) is 12.2 Å². The van der Waals surface area contributed by atoms with Crippen molar-refractivity contribution in [2.24, 2.45) is 35.5 Å². The van der Waals surface area contributed by atoms with Gasteiger partial charge in [-0.05, 0) is 42.9 Å². The number of carbonyl (C=O) groups excluding carboxylic acids is 2. The zero-order valence-electron chi connectivity index (χ0n) is 11.4. The molecular formula is C16H19NO3. The van der Waals surface area contributed by atoms with Gasteiger partial charge in [0.25, 0.3) is 0 Å². The summed E-state index contributed by atoms with van der Waals surface area (Å²) < 4.78 is 5.60. The van der Waals surface area contributed by atoms with Gasteiger partial charge in [0.05, 0.1) is 24.5 Å². The Morgan fingerprint density at radius 3 is 2.30 bits per heavy atom. The number of carbonyl (C=O) groups is 2. The molecule has 0 N–H and O–H groups in total. The van der Waals surface area contributed by atoms with Crippen molar-refractivity contribution < 1.29 is 14.3 Å². The molecule has 2 bridgehead atoms. The Morgan fingerprint density at radius 1 is 1.10 bits per heavy atom. The third-order valence-corrected chi connectivity index (χ3v) is 6.16. The van der Waals surface area contributed by atoms with Crippen LogP contribution in [0.5, 0.6) is 0 Å². The zero-order valence-corrected chi connectivity index (χ0v) is 11.4. The summed E-state index contributed by atoms with van der Waals surface area (Å²) in [5, 5.41) is 0. The molecule has 2 aliphatic heterocycles. The molecule has 4 aliphatic carbocycles. The normalized spacial score (nSPS) is 51.6. The molecule has 6 aliphatic rings. The Hall–Kier alpha value is -1.16. The van der Waals surface area contributed by atoms with E-state index in [0.29, 0.717) is 30.2 Å². The predicted molar refractivity (Wildman–Crippen MR) is 70.4 cm³/mol. The molecule has 0 aromatic rings. The van der Waals surface area contributed by atoms with Crippen molar-refractivity contribution in [3.63, 3.8) is 0 Å². The van der Waals surface area contributed by atoms with E-state index in [2.05, 4.69) is 12.2 Å². The number of ether oxygens (including phenoxy) is 1. The summed E-state index contributed by atoms with van der Waals surface area (Å²) >= 11 is 0. The van der Waals surface area contributed by atoms with E-state index in [-0.39, 0.29) is 29.8 Å². The van der Waals surface area contributed by atoms with E-state index in [1.807, 2.05) is 0 Å². The molecule has 4 heteroatoms. The predicted octanol–water partition coefficient (Wildman–Crippen LogP) is 1.22. The van der Waals surface area contributed by atoms with Crippen LogP contribution >= 0.6 is 0 Å². The molecule has 0 spiro atoms. The molecule has 0 radical (unpaired) electrons. The van der Waals surface area contributed by atoms with Gasteiger partial charge in [0.15, 0.2) is 0 Å². The maximum atomic E-state index is 12.7. The standard InChI is InChI=1S/C16H19NO3/c18-15-13-9-3-4-10(12-6-11(9)12)14(13)16(19)17(15)7-8-2-1-5-20-8/h3-4,8-14H,1-2,5-7H2/t8-,9+,10+,11-,12+,13-,14-/m1/s1. The molecule has 2 heterocycles. The fourth-order valence-corrected chi connectivity index (χ4v) is 5.19. The van der Waals surface area contributed by atoms with E-state index >= 15 is 0 Å². The summed E-state index contributed by atoms with van der Waals surface area (Å²) in [6, 6.07) is 0. The quantitative estimate of drug-likeness (QED) is 0.561. The highest BCUT2D eigenvalue weighted by Gasteiger charge is 2.67. The lowest BCUT2D eigenvalue weighted by molar-refractivity contribution is -0.142. The molecule has 20 heavy (non-hydrogen) atoms. The molecule has 0 aromatic carbocycles. The minimum absolute atomic E-state index is 0.0531. The van der Waals surface area contributed by atoms with Crippen molar-refractivity contribution in [2.75, 3.05) is 13.2 Å². The minimum Gasteiger partial charge on any atom is -0.376 e. The first-order valence-corrected chi connectivity index (χ1v) is 7.91. The molecular weight excluding hydrogens is 254 g/mol. The van der Waals surface area contributed by atoms with Crippen LogP contribution in [0.3, 0.4) is 0 Å². The monoisotopic (exact) mass is 273 g/mol. The first-order valence-electron chi connectivity index (χ1n) is 7.91. The topological polar surface area (TPSA) is 46.6 Å². The second-order valence-electron chi connectivity index (χ2n) is 7.08. The van der Waals surface area contributed by atoms with Gasteiger partial charge in [-0.2, -0.15) is 0 Å². The zero-order chi connectivity index (χ0) is 13.4. The van der Waals surface area contributed by atoms with Gasteiger partial charge in [-0.25, -0.2) is 0 Å². The van der Waals surface area contributed by atoms with Crippen LogP contribution in [-0.4, -0.2) is 36.0 Å². The van der Waals surface area contributed by atoms with Gasteiger partial charge in [-0.1, -0.05) is 12.2 Å². The van der Waals surface area contributed by atoms with Crippen LogP contribution in [0.25, 0.3) is 0 Å². The van der Waals surface area contributed by atoms with Crippen molar-refractivity contribution in [1.82, 2.24) is 4.90 Å². The average Bonchev–Trinajstić information content (AvgIpc) is 3.08. The molecule has 2 saturated carbocycles. The van der Waals surface area contributed by atoms with E-state index in [4.69, 9.17) is 4.74 Å². The Labute approximate surface area is 118 Å². The summed E-state index contributed by atoms with van der Waals surface area (Å²) in [7, 11) is 0. The highest BCUT2D eigenvalue weighted by atomic mass is 16.5. The van der Waals surface area contributed by atoms with Gasteiger partial charge in [0, 0.05) is 6.61 Å². The number of nitrogens with zero attached hydrogens (tertiary/aromatic N) is 1. The second kappa shape index (κ2) is 3.73. The van der Waals surface area contributed by atoms with Crippen molar-refractivity contribution in [3.8, 4) is 0 Å². The Bertz CT molecular complexity index is 486. The van der Waals surface area contributed by atoms with E-state index in [9.17, 15) is 9.59 Å². The SMILES string of the molecule is O=C1[C@@H]2[C@H]3C=C[C@@H]([C@@H]4C[C@H]34)[C@H]2C(=O)N1C[C@H]1CCCO1. The van der Waals surface area contributed by atoms with E-state index in [0.717, 1.165) is 19.4 Å². The first kappa shape index (κ1) is 11.5. The first-order chi connectivity index (χ1) is 9.75. The molecule has 6 rings (SSSR count). The van der Waals surface area contributed by atoms with E-state index < -0.39 is 0 Å². The molecule has 4 nitrogen and oxygen atoms in total. The smallest absolute Gasteiger partial charge is 0.233 e. The maximum Gasteiger partial charge on any atom is 0.233 e. The third kappa shape index (κ3) is 1.31. The summed E-state index contributed by atoms with van der Waals surface area (Å²) in [5.41, 5.74) is 0. The summed E-state index contributed by atoms with van der Waals surface area (Å²) in [5.74, 6) is 2.10. The number of likely N-dealkylation sites (tertiary alicyclic amines) is 1. The Morgan fingerprint density at radius 2 is 1.75 bits per heavy atom. The number of imide groups is 1. The average molecular weight is 273 g/mol. The van der Waals surface area contributed by atoms with Gasteiger partial charge in [-0.3, -0.25) is 14.5 Å². The largest absolute Gasteiger partial charge is 0.376 e. The number of amides is 2. The summed E-state index contributed by atoms with van der Waals surface area (Å²) in [6.45, 7) is 1.25. The number of allylic oxidation sites excluding steroid dienone is 2. The Kier molecular flexibility index (Phi) is 2.14. The lowest BCUT2D eigenvalue weighted by atomic mass is 9.63. The van der Waals surface area contributed by atoms with Gasteiger partial charge in [0.2, 0.25) is 11.8 Å². The second-order valence-corrected chi connectivity index (χ2v) is 7.08. The highest BCUT2D eigenvalue weighted by Crippen LogP contribution is 2.65. The molecule has 2 amide bonds. The third-order valence-electron chi connectivity index (χ3n) is 6.16. The molecule has 106 valence electrons. The molecule has 7 atom stereocenters. The maximum absolute atomic E-state index is 12.7. The molecule has 2 saturated heterocycles. The van der Waals surface area contributed by atoms with Crippen LogP contribution in [0, 0.1) is 35.5 Å². The summed E-state index contributed by atoms with van der Waals surface area (Å²) in [4.78, 5) is 26.9. The van der Waals surface area contributed by atoms with Gasteiger partial charge >= 0.3 is 0 Å². The number of rotatable bonds is 2. The fourth-order valence-electron chi connectivity index (χ4n) is 5.19. The van der Waals surface area contributed by atoms with Crippen LogP contribution in [0.1, 0.15) is 19.3 Å². The number of hydrogen-bond acceptors (Lipinski definition) is 3. The van der Waals surface area contributed by atoms with Crippen molar-refractivity contribution in [2.45, 2.75) is 25.4 Å². The van der Waals surface area contributed by atoms with Crippen molar-refractivity contribution >= 4 is 11.8 Å². The Balaban J connectivity index is 1.44. The van der Waals surface area contributed by atoms with Crippen LogP contribution in [0.2, 0.25) is 0 Å². The van der Waals surface area contributed by atoms with Gasteiger partial charge in [0.1, 0.15) is 0 Å². The lowest BCUT2D eigenvalue weighted by Gasteiger charge is -2.37. The highest BCUT2D eigenvalue weighted by molar-refractivity contribution is 6.06. The van der Waals surface area contributed by atoms with E-state index in [1.165, 1.54) is 11.3 Å². The van der Waals surface area contributed by atoms with Crippen molar-refractivity contribution in [3.05, 3.63) is 12.2 Å². The summed E-state index contributed by atoms with van der Waals surface area (Å²) in [6.07, 6.45) is 7.76. The lowest BCUT2D eigenvalue weighted by Crippen LogP contribution is -2.40. The van der Waals surface area contributed by atoms with E-state index in [1.54, 1.807) is 0 Å². The van der Waals surface area contributed by atoms with Gasteiger partial charge in [-0.15, -0.1) is 0 Å². The van der Waals surface area contributed by atoms with Crippen LogP contribution < -0.4 is 0 Å². The molecule has 0 unspecified atom stereocenters. The van der Waals surface area contributed by atoms with Crippen LogP contribution in [-0.2, 0) is 14.3 Å². The molecule has 0 aromatic heterocycles. The van der Waals surface area contributed by atoms with Gasteiger partial charge < -0.3 is 4.74 Å². The van der Waals surface area contributed by atoms with Crippen LogP contribution in [0.4, 0.5) is 0 Å².